The van der Waals surface area contributed by atoms with Crippen LogP contribution in [0.3, 0.4) is 0 Å². The molecule has 5 amide bonds. The molecule has 0 saturated heterocycles. The van der Waals surface area contributed by atoms with E-state index in [1.54, 1.807) is 18.2 Å². The third-order valence-corrected chi connectivity index (χ3v) is 8.63. The Morgan fingerprint density at radius 3 is 1.60 bits per heavy atom. The largest absolute Gasteiger partial charge is 0.453 e. The van der Waals surface area contributed by atoms with Crippen molar-refractivity contribution in [2.45, 2.75) is 25.2 Å². The van der Waals surface area contributed by atoms with Crippen LogP contribution in [-0.4, -0.2) is 58.3 Å². The summed E-state index contributed by atoms with van der Waals surface area (Å²) in [5, 5.41) is 11.4. The van der Waals surface area contributed by atoms with Crippen LogP contribution in [0, 0.1) is 0 Å². The second-order valence-electron chi connectivity index (χ2n) is 12.2. The van der Waals surface area contributed by atoms with E-state index in [0.29, 0.717) is 36.4 Å². The molecule has 0 fully saturated rings. The molecule has 9 N–H and O–H groups in total. The predicted molar refractivity (Wildman–Crippen MR) is 207 cm³/mol. The van der Waals surface area contributed by atoms with Gasteiger partial charge in [-0.25, -0.2) is 24.4 Å². The molecule has 6 rings (SSSR count). The van der Waals surface area contributed by atoms with Gasteiger partial charge < -0.3 is 41.7 Å². The molecule has 0 aliphatic rings. The quantitative estimate of drug-likeness (QED) is 0.0663. The van der Waals surface area contributed by atoms with E-state index in [0.717, 1.165) is 46.4 Å². The van der Waals surface area contributed by atoms with E-state index >= 15 is 0 Å². The molecular formula is C36H32Cl2F6N10O4. The Labute approximate surface area is 334 Å². The third kappa shape index (κ3) is 11.8. The van der Waals surface area contributed by atoms with Gasteiger partial charge in [0.25, 0.3) is 0 Å². The van der Waals surface area contributed by atoms with Gasteiger partial charge >= 0.3 is 30.5 Å². The molecule has 4 aromatic carbocycles. The molecule has 0 bridgehead atoms. The maximum Gasteiger partial charge on any atom is 0.417 e. The van der Waals surface area contributed by atoms with Crippen LogP contribution in [0.25, 0.3) is 22.1 Å². The van der Waals surface area contributed by atoms with Crippen molar-refractivity contribution in [3.8, 4) is 0 Å². The number of rotatable bonds is 9. The minimum absolute atomic E-state index is 0.00132. The summed E-state index contributed by atoms with van der Waals surface area (Å²) in [5.74, 6) is 0.554. The van der Waals surface area contributed by atoms with Crippen molar-refractivity contribution in [3.63, 3.8) is 0 Å². The molecule has 0 saturated carbocycles. The highest BCUT2D eigenvalue weighted by Crippen LogP contribution is 2.37. The summed E-state index contributed by atoms with van der Waals surface area (Å²) in [5.41, 5.74) is 8.17. The van der Waals surface area contributed by atoms with Crippen molar-refractivity contribution in [1.29, 1.82) is 0 Å². The Morgan fingerprint density at radius 1 is 0.672 bits per heavy atom. The van der Waals surface area contributed by atoms with Gasteiger partial charge in [0.15, 0.2) is 5.95 Å². The van der Waals surface area contributed by atoms with Crippen LogP contribution in [-0.2, 0) is 29.9 Å². The van der Waals surface area contributed by atoms with E-state index in [4.69, 9.17) is 28.9 Å². The number of H-pyrrole nitrogens is 2. The highest BCUT2D eigenvalue weighted by molar-refractivity contribution is 6.31. The number of imidazole rings is 2. The molecule has 6 aromatic rings. The summed E-state index contributed by atoms with van der Waals surface area (Å²) in [6.07, 6.45) is -8.90. The van der Waals surface area contributed by atoms with Crippen LogP contribution in [0.2, 0.25) is 10.0 Å². The summed E-state index contributed by atoms with van der Waals surface area (Å²) in [6, 6.07) is 15.9. The first-order chi connectivity index (χ1) is 27.4. The number of alkyl halides is 6. The van der Waals surface area contributed by atoms with Gasteiger partial charge in [0.2, 0.25) is 5.95 Å². The van der Waals surface area contributed by atoms with Gasteiger partial charge in [-0.05, 0) is 84.6 Å². The minimum Gasteiger partial charge on any atom is -0.453 e. The number of benzene rings is 4. The van der Waals surface area contributed by atoms with Crippen molar-refractivity contribution in [2.24, 2.45) is 0 Å². The van der Waals surface area contributed by atoms with Crippen molar-refractivity contribution in [2.75, 3.05) is 41.9 Å². The number of carbonyl (C=O) groups excluding carboxylic acids is 3. The van der Waals surface area contributed by atoms with Crippen LogP contribution in [0.1, 0.15) is 22.3 Å². The number of halogens is 8. The molecule has 0 aliphatic carbocycles. The van der Waals surface area contributed by atoms with Gasteiger partial charge in [-0.3, -0.25) is 5.32 Å². The Balaban J connectivity index is 0.000000223. The van der Waals surface area contributed by atoms with Gasteiger partial charge in [-0.1, -0.05) is 35.3 Å². The number of nitrogen functional groups attached to an aromatic ring is 1. The molecule has 0 spiro atoms. The fraction of sp³-hybridized carbons (Fsp3) is 0.194. The van der Waals surface area contributed by atoms with Crippen LogP contribution < -0.4 is 32.3 Å². The van der Waals surface area contributed by atoms with Crippen molar-refractivity contribution < 1.29 is 45.5 Å². The van der Waals surface area contributed by atoms with Gasteiger partial charge in [-0.2, -0.15) is 26.3 Å². The zero-order chi connectivity index (χ0) is 42.2. The molecule has 2 heterocycles. The molecule has 2 aromatic heterocycles. The number of urea groups is 2. The lowest BCUT2D eigenvalue weighted by Gasteiger charge is -2.12. The van der Waals surface area contributed by atoms with Crippen molar-refractivity contribution >= 4 is 86.7 Å². The first-order valence-electron chi connectivity index (χ1n) is 16.8. The zero-order valence-corrected chi connectivity index (χ0v) is 31.4. The summed E-state index contributed by atoms with van der Waals surface area (Å²) >= 11 is 11.1. The number of amides is 5. The summed E-state index contributed by atoms with van der Waals surface area (Å²) in [7, 11) is 1.24. The number of nitrogens with one attached hydrogen (secondary N) is 7. The molecule has 58 heavy (non-hydrogen) atoms. The molecule has 306 valence electrons. The number of aromatic amines is 2. The summed E-state index contributed by atoms with van der Waals surface area (Å²) < 4.78 is 81.7. The van der Waals surface area contributed by atoms with E-state index in [1.807, 2.05) is 18.2 Å². The summed E-state index contributed by atoms with van der Waals surface area (Å²) in [6.45, 7) is 0.527. The van der Waals surface area contributed by atoms with Crippen LogP contribution in [0.5, 0.6) is 0 Å². The second-order valence-corrected chi connectivity index (χ2v) is 13.0. The van der Waals surface area contributed by atoms with Crippen LogP contribution >= 0.6 is 23.2 Å². The first kappa shape index (κ1) is 42.7. The second kappa shape index (κ2) is 18.2. The zero-order valence-electron chi connectivity index (χ0n) is 29.9. The Kier molecular flexibility index (Phi) is 13.4. The van der Waals surface area contributed by atoms with Gasteiger partial charge in [0, 0.05) is 24.5 Å². The number of ether oxygens (including phenoxy) is 1. The number of methoxy groups -OCH3 is 1. The number of hydrogen-bond donors (Lipinski definition) is 8. The Hall–Kier alpha value is -6.41. The number of aromatic nitrogens is 4. The van der Waals surface area contributed by atoms with E-state index in [1.165, 1.54) is 19.2 Å². The first-order valence-corrected chi connectivity index (χ1v) is 17.5. The number of nitrogens with zero attached hydrogens (tertiary/aromatic N) is 2. The topological polar surface area (TPSA) is 204 Å². The molecule has 0 atom stereocenters. The fourth-order valence-electron chi connectivity index (χ4n) is 5.28. The maximum absolute atomic E-state index is 12.9. The average Bonchev–Trinajstić information content (AvgIpc) is 3.73. The normalized spacial score (nSPS) is 11.4. The average molecular weight is 854 g/mol. The van der Waals surface area contributed by atoms with E-state index in [9.17, 15) is 40.7 Å². The number of carbonyl (C=O) groups is 3. The number of anilines is 4. The van der Waals surface area contributed by atoms with Crippen LogP contribution in [0.15, 0.2) is 72.8 Å². The lowest BCUT2D eigenvalue weighted by Crippen LogP contribution is -2.30. The van der Waals surface area contributed by atoms with E-state index < -0.39 is 51.7 Å². The van der Waals surface area contributed by atoms with Gasteiger partial charge in [0.05, 0.1) is 50.3 Å². The highest BCUT2D eigenvalue weighted by Gasteiger charge is 2.34. The lowest BCUT2D eigenvalue weighted by molar-refractivity contribution is -0.138. The standard InChI is InChI=1S/C19H17ClF3N5O3.C17H15ClF3N5O/c1-31-18(30)28-16-26-14-5-2-10(8-15(14)27-16)6-7-24-17(29)25-11-3-4-13(20)12(9-11)19(21,22)23;18-12-3-2-10(8-11(12)17(19,20)21)24-16(27)23-6-5-9-1-4-13-14(7-9)26-15(22)25-13/h2-5,8-9H,6-7H2,1H3,(H2,24,25,29)(H2,26,27,28,30);1-4,7-8H,5-6H2,(H3,22,25,26)(H2,23,24,27). The number of nitrogens with two attached hydrogens (primary N) is 1. The monoisotopic (exact) mass is 852 g/mol. The van der Waals surface area contributed by atoms with E-state index in [-0.39, 0.29) is 23.9 Å². The van der Waals surface area contributed by atoms with Crippen LogP contribution in [0.4, 0.5) is 64.0 Å². The fourth-order valence-corrected chi connectivity index (χ4v) is 5.73. The molecule has 0 unspecified atom stereocenters. The molecule has 0 radical (unpaired) electrons. The van der Waals surface area contributed by atoms with Gasteiger partial charge in [-0.15, -0.1) is 0 Å². The molecule has 22 heteroatoms. The van der Waals surface area contributed by atoms with E-state index in [2.05, 4.69) is 51.3 Å². The maximum atomic E-state index is 12.9. The number of fused-ring (bicyclic) bond motifs is 2. The molecule has 0 aliphatic heterocycles. The Bertz CT molecular complexity index is 2440. The van der Waals surface area contributed by atoms with Crippen molar-refractivity contribution in [3.05, 3.63) is 105 Å². The summed E-state index contributed by atoms with van der Waals surface area (Å²) in [4.78, 5) is 49.3. The smallest absolute Gasteiger partial charge is 0.417 e. The third-order valence-electron chi connectivity index (χ3n) is 7.97. The lowest BCUT2D eigenvalue weighted by atomic mass is 10.1. The van der Waals surface area contributed by atoms with Gasteiger partial charge in [0.1, 0.15) is 0 Å². The molecular weight excluding hydrogens is 821 g/mol. The SMILES string of the molecule is COC(=O)Nc1nc2ccc(CCNC(=O)Nc3ccc(Cl)c(C(F)(F)F)c3)cc2[nH]1.Nc1nc2ccc(CCNC(=O)Nc3ccc(Cl)c(C(F)(F)F)c3)cc2[nH]1. The van der Waals surface area contributed by atoms with Crippen molar-refractivity contribution in [1.82, 2.24) is 30.6 Å². The highest BCUT2D eigenvalue weighted by atomic mass is 35.5. The minimum atomic E-state index is -4.62. The predicted octanol–water partition coefficient (Wildman–Crippen LogP) is 8.96. The number of hydrogen-bond acceptors (Lipinski definition) is 7. The Morgan fingerprint density at radius 2 is 1.14 bits per heavy atom. The molecule has 14 nitrogen and oxygen atoms in total.